The lowest BCUT2D eigenvalue weighted by atomic mass is 9.83. The summed E-state index contributed by atoms with van der Waals surface area (Å²) in [4.78, 5) is 27.7. The largest absolute Gasteiger partial charge is 0.344 e. The van der Waals surface area contributed by atoms with Gasteiger partial charge in [0.05, 0.1) is 5.57 Å². The minimum Gasteiger partial charge on any atom is -0.344 e. The first kappa shape index (κ1) is 16.2. The van der Waals surface area contributed by atoms with Crippen molar-refractivity contribution < 1.29 is 9.59 Å². The Morgan fingerprint density at radius 3 is 2.33 bits per heavy atom. The zero-order chi connectivity index (χ0) is 18.8. The molecule has 0 amide bonds. The van der Waals surface area contributed by atoms with Gasteiger partial charge < -0.3 is 4.90 Å². The number of benzene rings is 2. The zero-order valence-corrected chi connectivity index (χ0v) is 15.6. The molecule has 0 radical (unpaired) electrons. The lowest BCUT2D eigenvalue weighted by molar-refractivity contribution is 0.0989. The maximum absolute atomic E-state index is 12.7. The predicted molar refractivity (Wildman–Crippen MR) is 106 cm³/mol. The quantitative estimate of drug-likeness (QED) is 0.553. The summed E-state index contributed by atoms with van der Waals surface area (Å²) < 4.78 is 0. The highest BCUT2D eigenvalue weighted by Crippen LogP contribution is 2.51. The molecule has 0 unspecified atom stereocenters. The molecule has 0 atom stereocenters. The highest BCUT2D eigenvalue weighted by atomic mass is 16.2. The second-order valence-corrected chi connectivity index (χ2v) is 8.03. The Hall–Kier alpha value is -2.94. The van der Waals surface area contributed by atoms with Crippen molar-refractivity contribution in [3.8, 4) is 0 Å². The molecule has 27 heavy (non-hydrogen) atoms. The molecule has 3 nitrogen and oxygen atoms in total. The molecule has 2 aliphatic heterocycles. The Bertz CT molecular complexity index is 1030. The van der Waals surface area contributed by atoms with Crippen LogP contribution in [0.2, 0.25) is 0 Å². The molecule has 0 N–H and O–H groups in total. The van der Waals surface area contributed by atoms with Crippen molar-refractivity contribution in [1.82, 2.24) is 0 Å². The average molecular weight is 355 g/mol. The molecular formula is C24H21NO2. The van der Waals surface area contributed by atoms with Crippen molar-refractivity contribution in [3.05, 3.63) is 88.1 Å². The first-order chi connectivity index (χ1) is 13.0. The van der Waals surface area contributed by atoms with Gasteiger partial charge in [0.2, 0.25) is 0 Å². The molecule has 2 heterocycles. The smallest absolute Gasteiger partial charge is 0.197 e. The molecule has 0 saturated carbocycles. The minimum atomic E-state index is -0.167. The number of carbonyl (C=O) groups excluding carboxylic acids is 2. The Balaban J connectivity index is 1.61. The number of aryl methyl sites for hydroxylation is 1. The van der Waals surface area contributed by atoms with E-state index in [4.69, 9.17) is 0 Å². The SMILES string of the molecule is CC1(C)C(=CC=C2C(=O)c3ccccc3C2=O)N2CCCc3cccc1c32. The summed E-state index contributed by atoms with van der Waals surface area (Å²) in [6, 6.07) is 13.6. The molecule has 134 valence electrons. The maximum atomic E-state index is 12.7. The van der Waals surface area contributed by atoms with Crippen LogP contribution < -0.4 is 4.90 Å². The lowest BCUT2D eigenvalue weighted by Gasteiger charge is -2.30. The fourth-order valence-corrected chi connectivity index (χ4v) is 4.76. The summed E-state index contributed by atoms with van der Waals surface area (Å²) in [5, 5.41) is 0. The van der Waals surface area contributed by atoms with Crippen molar-refractivity contribution in [2.24, 2.45) is 0 Å². The minimum absolute atomic E-state index is 0.149. The van der Waals surface area contributed by atoms with Crippen LogP contribution in [0.5, 0.6) is 0 Å². The maximum Gasteiger partial charge on any atom is 0.197 e. The second kappa shape index (κ2) is 5.53. The van der Waals surface area contributed by atoms with Crippen molar-refractivity contribution >= 4 is 17.3 Å². The fourth-order valence-electron chi connectivity index (χ4n) is 4.76. The van der Waals surface area contributed by atoms with E-state index in [-0.39, 0.29) is 22.6 Å². The topological polar surface area (TPSA) is 37.4 Å². The standard InChI is InChI=1S/C24H21NO2/c1-24(2)19-11-5-7-15-8-6-14-25(21(15)19)20(24)13-12-18-22(26)16-9-3-4-10-17(16)23(18)27/h3-5,7,9-13H,6,8,14H2,1-2H3. The summed E-state index contributed by atoms with van der Waals surface area (Å²) in [5.74, 6) is -0.333. The van der Waals surface area contributed by atoms with Crippen LogP contribution in [0.4, 0.5) is 5.69 Å². The van der Waals surface area contributed by atoms with Crippen LogP contribution in [0.3, 0.4) is 0 Å². The molecule has 2 aromatic carbocycles. The molecule has 3 heteroatoms. The molecule has 0 fully saturated rings. The van der Waals surface area contributed by atoms with Crippen molar-refractivity contribution in [2.45, 2.75) is 32.1 Å². The first-order valence-electron chi connectivity index (χ1n) is 9.51. The summed E-state index contributed by atoms with van der Waals surface area (Å²) in [7, 11) is 0. The third-order valence-electron chi connectivity index (χ3n) is 6.14. The molecule has 0 bridgehead atoms. The number of ketones is 2. The van der Waals surface area contributed by atoms with E-state index in [2.05, 4.69) is 36.9 Å². The highest BCUT2D eigenvalue weighted by Gasteiger charge is 2.42. The molecule has 3 aliphatic rings. The first-order valence-corrected chi connectivity index (χ1v) is 9.51. The Morgan fingerprint density at radius 1 is 0.926 bits per heavy atom. The van der Waals surface area contributed by atoms with Gasteiger partial charge in [0.1, 0.15) is 0 Å². The number of Topliss-reactive ketones (excluding diaryl/α,β-unsaturated/α-hetero) is 2. The number of hydrogen-bond acceptors (Lipinski definition) is 3. The Morgan fingerprint density at radius 2 is 1.63 bits per heavy atom. The van der Waals surface area contributed by atoms with Crippen molar-refractivity contribution in [2.75, 3.05) is 11.4 Å². The van der Waals surface area contributed by atoms with Gasteiger partial charge >= 0.3 is 0 Å². The van der Waals surface area contributed by atoms with Crippen LogP contribution in [0.15, 0.2) is 65.9 Å². The Labute approximate surface area is 159 Å². The van der Waals surface area contributed by atoms with Gasteiger partial charge in [-0.15, -0.1) is 0 Å². The number of allylic oxidation sites excluding steroid dienone is 4. The van der Waals surface area contributed by atoms with E-state index in [9.17, 15) is 9.59 Å². The molecule has 5 rings (SSSR count). The van der Waals surface area contributed by atoms with Crippen LogP contribution >= 0.6 is 0 Å². The number of anilines is 1. The number of hydrogen-bond donors (Lipinski definition) is 0. The van der Waals surface area contributed by atoms with Crippen molar-refractivity contribution in [3.63, 3.8) is 0 Å². The second-order valence-electron chi connectivity index (χ2n) is 8.03. The van der Waals surface area contributed by atoms with E-state index < -0.39 is 0 Å². The van der Waals surface area contributed by atoms with E-state index in [1.54, 1.807) is 30.3 Å². The molecule has 1 aliphatic carbocycles. The van der Waals surface area contributed by atoms with E-state index >= 15 is 0 Å². The molecule has 0 spiro atoms. The van der Waals surface area contributed by atoms with Crippen LogP contribution in [-0.4, -0.2) is 18.1 Å². The molecule has 2 aromatic rings. The van der Waals surface area contributed by atoms with Crippen LogP contribution in [-0.2, 0) is 11.8 Å². The van der Waals surface area contributed by atoms with Crippen LogP contribution in [0.25, 0.3) is 0 Å². The normalized spacial score (nSPS) is 20.9. The van der Waals surface area contributed by atoms with Gasteiger partial charge in [0.25, 0.3) is 0 Å². The monoisotopic (exact) mass is 355 g/mol. The zero-order valence-electron chi connectivity index (χ0n) is 15.6. The summed E-state index contributed by atoms with van der Waals surface area (Å²) in [5.41, 5.74) is 6.36. The van der Waals surface area contributed by atoms with Gasteiger partial charge in [-0.2, -0.15) is 0 Å². The number of rotatable bonds is 1. The third-order valence-corrected chi connectivity index (χ3v) is 6.14. The number of para-hydroxylation sites is 1. The third kappa shape index (κ3) is 2.14. The van der Waals surface area contributed by atoms with Gasteiger partial charge in [0, 0.05) is 34.5 Å². The Kier molecular flexibility index (Phi) is 3.33. The number of fused-ring (bicyclic) bond motifs is 1. The highest BCUT2D eigenvalue weighted by molar-refractivity contribution is 6.39. The predicted octanol–water partition coefficient (Wildman–Crippen LogP) is 4.62. The summed E-state index contributed by atoms with van der Waals surface area (Å²) >= 11 is 0. The van der Waals surface area contributed by atoms with Crippen LogP contribution in [0.1, 0.15) is 52.1 Å². The molecular weight excluding hydrogens is 334 g/mol. The summed E-state index contributed by atoms with van der Waals surface area (Å²) in [6.07, 6.45) is 5.95. The van der Waals surface area contributed by atoms with E-state index in [1.165, 1.54) is 16.8 Å². The van der Waals surface area contributed by atoms with E-state index in [0.29, 0.717) is 11.1 Å². The van der Waals surface area contributed by atoms with E-state index in [1.807, 2.05) is 6.08 Å². The molecule has 0 aromatic heterocycles. The van der Waals surface area contributed by atoms with Gasteiger partial charge in [-0.05, 0) is 36.1 Å². The number of nitrogens with zero attached hydrogens (tertiary/aromatic N) is 1. The average Bonchev–Trinajstić information content (AvgIpc) is 3.05. The van der Waals surface area contributed by atoms with Crippen molar-refractivity contribution in [1.29, 1.82) is 0 Å². The van der Waals surface area contributed by atoms with Gasteiger partial charge in [-0.25, -0.2) is 0 Å². The van der Waals surface area contributed by atoms with E-state index in [0.717, 1.165) is 25.1 Å². The lowest BCUT2D eigenvalue weighted by Crippen LogP contribution is -2.29. The van der Waals surface area contributed by atoms with Gasteiger partial charge in [0.15, 0.2) is 11.6 Å². The van der Waals surface area contributed by atoms with Crippen LogP contribution in [0, 0.1) is 0 Å². The van der Waals surface area contributed by atoms with Gasteiger partial charge in [-0.1, -0.05) is 56.3 Å². The van der Waals surface area contributed by atoms with Gasteiger partial charge in [-0.3, -0.25) is 9.59 Å². The summed E-state index contributed by atoms with van der Waals surface area (Å²) in [6.45, 7) is 5.42. The fraction of sp³-hybridized carbons (Fsp3) is 0.250. The molecule has 0 saturated heterocycles. The number of carbonyl (C=O) groups is 2.